The van der Waals surface area contributed by atoms with Crippen LogP contribution in [0.4, 0.5) is 0 Å². The van der Waals surface area contributed by atoms with Gasteiger partial charge >= 0.3 is 11.9 Å². The zero-order valence-electron chi connectivity index (χ0n) is 16.5. The highest BCUT2D eigenvalue weighted by molar-refractivity contribution is 7.44. The van der Waals surface area contributed by atoms with Crippen LogP contribution in [-0.2, 0) is 37.6 Å². The van der Waals surface area contributed by atoms with Crippen LogP contribution in [0, 0.1) is 11.3 Å². The highest BCUT2D eigenvalue weighted by atomic mass is 31.2. The molecule has 0 aromatic rings. The van der Waals surface area contributed by atoms with E-state index in [9.17, 15) is 9.59 Å². The molecule has 12 heteroatoms. The minimum absolute atomic E-state index is 0.160. The molecule has 0 spiro atoms. The summed E-state index contributed by atoms with van der Waals surface area (Å²) in [5.74, 6) is -1.10. The Hall–Kier alpha value is -1.38. The molecule has 0 saturated carbocycles. The van der Waals surface area contributed by atoms with Gasteiger partial charge in [0.05, 0.1) is 52.4 Å². The normalized spacial score (nSPS) is 23.8. The number of methoxy groups -OCH3 is 3. The standard InChI is InChI=1S/C16H28N3O8P/c1-19(11(16(21)24-4)8-14(20)23-3)9-12-15(13(22-2)10-25-12)27-28(18)26-7-5-6-17/h11-13,15H,5,7-10,18H2,1-4H3/t11?,12-,13-,15?,28?/m1/s1. The molecule has 3 unspecified atom stereocenters. The second-order valence-corrected chi connectivity index (χ2v) is 7.04. The maximum atomic E-state index is 12.1. The van der Waals surface area contributed by atoms with E-state index in [1.807, 2.05) is 6.07 Å². The third-order valence-electron chi connectivity index (χ3n) is 4.23. The lowest BCUT2D eigenvalue weighted by atomic mass is 10.1. The van der Waals surface area contributed by atoms with E-state index in [1.54, 1.807) is 11.9 Å². The third kappa shape index (κ3) is 7.56. The minimum atomic E-state index is -1.73. The zero-order valence-corrected chi connectivity index (χ0v) is 17.4. The number of hydrogen-bond acceptors (Lipinski definition) is 11. The predicted molar refractivity (Wildman–Crippen MR) is 97.8 cm³/mol. The van der Waals surface area contributed by atoms with Crippen molar-refractivity contribution in [3.05, 3.63) is 0 Å². The molecule has 1 aliphatic rings. The predicted octanol–water partition coefficient (Wildman–Crippen LogP) is -0.0622. The Balaban J connectivity index is 2.77. The average Bonchev–Trinajstić information content (AvgIpc) is 3.06. The van der Waals surface area contributed by atoms with Gasteiger partial charge in [-0.3, -0.25) is 20.0 Å². The first-order chi connectivity index (χ1) is 13.4. The fourth-order valence-corrected chi connectivity index (χ4v) is 3.52. The van der Waals surface area contributed by atoms with E-state index in [4.69, 9.17) is 34.0 Å². The van der Waals surface area contributed by atoms with Crippen LogP contribution < -0.4 is 5.50 Å². The Labute approximate surface area is 165 Å². The van der Waals surface area contributed by atoms with E-state index in [1.165, 1.54) is 21.3 Å². The molecule has 1 aliphatic heterocycles. The number of nitrogens with two attached hydrogens (primary N) is 1. The van der Waals surface area contributed by atoms with Gasteiger partial charge in [-0.2, -0.15) is 5.26 Å². The highest BCUT2D eigenvalue weighted by Crippen LogP contribution is 2.36. The topological polar surface area (TPSA) is 143 Å². The van der Waals surface area contributed by atoms with Crippen molar-refractivity contribution in [2.75, 3.05) is 48.1 Å². The first-order valence-electron chi connectivity index (χ1n) is 8.58. The van der Waals surface area contributed by atoms with E-state index >= 15 is 0 Å². The summed E-state index contributed by atoms with van der Waals surface area (Å²) in [7, 11) is 3.96. The molecule has 0 amide bonds. The number of rotatable bonds is 12. The van der Waals surface area contributed by atoms with Gasteiger partial charge in [0.1, 0.15) is 18.2 Å². The maximum absolute atomic E-state index is 12.1. The average molecular weight is 421 g/mol. The first-order valence-corrected chi connectivity index (χ1v) is 9.83. The van der Waals surface area contributed by atoms with Crippen LogP contribution in [0.3, 0.4) is 0 Å². The summed E-state index contributed by atoms with van der Waals surface area (Å²) >= 11 is 0. The van der Waals surface area contributed by atoms with Gasteiger partial charge < -0.3 is 28.0 Å². The molecule has 0 bridgehead atoms. The van der Waals surface area contributed by atoms with Crippen molar-refractivity contribution in [1.82, 2.24) is 4.90 Å². The number of carbonyl (C=O) groups excluding carboxylic acids is 2. The molecule has 0 aromatic carbocycles. The molecule has 2 N–H and O–H groups in total. The lowest BCUT2D eigenvalue weighted by Gasteiger charge is -2.30. The lowest BCUT2D eigenvalue weighted by Crippen LogP contribution is -2.47. The summed E-state index contributed by atoms with van der Waals surface area (Å²) in [4.78, 5) is 25.3. The SMILES string of the molecule is COC(=O)CC(C(=O)OC)N(C)C[C@H]1OC[C@@H](OC)C1OP(N)OCCC#N. The van der Waals surface area contributed by atoms with Crippen molar-refractivity contribution >= 4 is 20.5 Å². The number of hydrogen-bond donors (Lipinski definition) is 1. The molecular formula is C16H28N3O8P. The smallest absolute Gasteiger partial charge is 0.323 e. The number of nitriles is 1. The van der Waals surface area contributed by atoms with Crippen molar-refractivity contribution in [2.45, 2.75) is 37.2 Å². The van der Waals surface area contributed by atoms with Gasteiger partial charge in [-0.15, -0.1) is 0 Å². The highest BCUT2D eigenvalue weighted by Gasteiger charge is 2.42. The van der Waals surface area contributed by atoms with Gasteiger partial charge in [0.15, 0.2) is 0 Å². The Morgan fingerprint density at radius 3 is 2.64 bits per heavy atom. The number of ether oxygens (including phenoxy) is 4. The largest absolute Gasteiger partial charge is 0.469 e. The fraction of sp³-hybridized carbons (Fsp3) is 0.812. The van der Waals surface area contributed by atoms with Gasteiger partial charge in [0, 0.05) is 13.7 Å². The number of carbonyl (C=O) groups is 2. The van der Waals surface area contributed by atoms with Crippen LogP contribution in [0.5, 0.6) is 0 Å². The molecule has 0 radical (unpaired) electrons. The molecule has 28 heavy (non-hydrogen) atoms. The summed E-state index contributed by atoms with van der Waals surface area (Å²) in [5, 5.41) is 8.56. The molecule has 5 atom stereocenters. The Bertz CT molecular complexity index is 546. The van der Waals surface area contributed by atoms with Gasteiger partial charge in [-0.05, 0) is 7.05 Å². The van der Waals surface area contributed by atoms with Crippen LogP contribution in [0.25, 0.3) is 0 Å². The van der Waals surface area contributed by atoms with Gasteiger partial charge in [-0.1, -0.05) is 0 Å². The van der Waals surface area contributed by atoms with Crippen LogP contribution in [0.1, 0.15) is 12.8 Å². The van der Waals surface area contributed by atoms with Crippen molar-refractivity contribution in [2.24, 2.45) is 5.50 Å². The second-order valence-electron chi connectivity index (χ2n) is 6.00. The molecule has 1 saturated heterocycles. The molecule has 1 rings (SSSR count). The molecule has 1 fully saturated rings. The van der Waals surface area contributed by atoms with E-state index in [2.05, 4.69) is 4.74 Å². The Kier molecular flexibility index (Phi) is 11.4. The van der Waals surface area contributed by atoms with Crippen molar-refractivity contribution in [3.8, 4) is 6.07 Å². The van der Waals surface area contributed by atoms with Crippen molar-refractivity contribution < 1.29 is 37.6 Å². The van der Waals surface area contributed by atoms with Gasteiger partial charge in [-0.25, -0.2) is 0 Å². The van der Waals surface area contributed by atoms with E-state index in [0.29, 0.717) is 0 Å². The number of nitrogens with zero attached hydrogens (tertiary/aromatic N) is 2. The van der Waals surface area contributed by atoms with E-state index < -0.39 is 38.7 Å². The van der Waals surface area contributed by atoms with E-state index in [0.717, 1.165) is 0 Å². The zero-order chi connectivity index (χ0) is 21.1. The molecule has 0 aliphatic carbocycles. The second kappa shape index (κ2) is 13.0. The van der Waals surface area contributed by atoms with Crippen LogP contribution in [-0.4, -0.2) is 89.3 Å². The Morgan fingerprint density at radius 1 is 1.36 bits per heavy atom. The summed E-state index contributed by atoms with van der Waals surface area (Å²) in [6, 6.07) is 1.12. The summed E-state index contributed by atoms with van der Waals surface area (Å²) < 4.78 is 31.6. The van der Waals surface area contributed by atoms with Gasteiger partial charge in [0.25, 0.3) is 8.53 Å². The molecular weight excluding hydrogens is 393 g/mol. The van der Waals surface area contributed by atoms with Crippen molar-refractivity contribution in [1.29, 1.82) is 5.26 Å². The summed E-state index contributed by atoms with van der Waals surface area (Å²) in [6.07, 6.45) is -1.35. The van der Waals surface area contributed by atoms with Crippen LogP contribution >= 0.6 is 8.53 Å². The first kappa shape index (κ1) is 24.7. The van der Waals surface area contributed by atoms with Crippen LogP contribution in [0.2, 0.25) is 0 Å². The minimum Gasteiger partial charge on any atom is -0.469 e. The van der Waals surface area contributed by atoms with Gasteiger partial charge in [0.2, 0.25) is 0 Å². The molecule has 1 heterocycles. The monoisotopic (exact) mass is 421 g/mol. The quantitative estimate of drug-likeness (QED) is 0.257. The third-order valence-corrected chi connectivity index (χ3v) is 5.12. The Morgan fingerprint density at radius 2 is 2.07 bits per heavy atom. The molecule has 0 aromatic heterocycles. The molecule has 11 nitrogen and oxygen atoms in total. The maximum Gasteiger partial charge on any atom is 0.323 e. The molecule has 160 valence electrons. The van der Waals surface area contributed by atoms with Crippen molar-refractivity contribution in [3.63, 3.8) is 0 Å². The summed E-state index contributed by atoms with van der Waals surface area (Å²) in [5.41, 5.74) is 5.87. The number of esters is 2. The fourth-order valence-electron chi connectivity index (χ4n) is 2.68. The number of likely N-dealkylation sites (N-methyl/N-ethyl adjacent to an activating group) is 1. The van der Waals surface area contributed by atoms with Crippen LogP contribution in [0.15, 0.2) is 0 Å². The summed E-state index contributed by atoms with van der Waals surface area (Å²) in [6.45, 7) is 0.696. The lowest BCUT2D eigenvalue weighted by molar-refractivity contribution is -0.153. The van der Waals surface area contributed by atoms with E-state index in [-0.39, 0.29) is 38.7 Å².